The van der Waals surface area contributed by atoms with Crippen molar-refractivity contribution in [2.75, 3.05) is 11.6 Å². The molecule has 1 N–H and O–H groups in total. The Morgan fingerprint density at radius 3 is 2.57 bits per heavy atom. The van der Waals surface area contributed by atoms with Crippen molar-refractivity contribution < 1.29 is 22.1 Å². The minimum Gasteiger partial charge on any atom is -0.475 e. The summed E-state index contributed by atoms with van der Waals surface area (Å²) in [6, 6.07) is 2.62. The summed E-state index contributed by atoms with van der Waals surface area (Å²) in [6.07, 6.45) is 2.24. The third-order valence-corrected chi connectivity index (χ3v) is 3.45. The van der Waals surface area contributed by atoms with E-state index < -0.39 is 16.0 Å². The summed E-state index contributed by atoms with van der Waals surface area (Å²) in [6.45, 7) is 3.56. The summed E-state index contributed by atoms with van der Waals surface area (Å²) in [5.41, 5.74) is 0.143. The highest BCUT2D eigenvalue weighted by molar-refractivity contribution is 7.86. The van der Waals surface area contributed by atoms with Crippen LogP contribution in [0.3, 0.4) is 0 Å². The molecule has 0 radical (unpaired) electrons. The van der Waals surface area contributed by atoms with Crippen molar-refractivity contribution in [1.29, 1.82) is 0 Å². The van der Waals surface area contributed by atoms with Crippen LogP contribution in [0.5, 0.6) is 11.8 Å². The molecular weight excluding hydrogens is 342 g/mol. The number of hydrogen-bond donors (Lipinski definition) is 1. The zero-order chi connectivity index (χ0) is 17.0. The highest BCUT2D eigenvalue weighted by Gasteiger charge is 2.16. The van der Waals surface area contributed by atoms with E-state index in [9.17, 15) is 13.2 Å². The molecule has 2 rings (SSSR count). The maximum absolute atomic E-state index is 12.2. The lowest BCUT2D eigenvalue weighted by Crippen LogP contribution is -2.15. The third kappa shape index (κ3) is 5.49. The molecule has 0 saturated heterocycles. The summed E-state index contributed by atoms with van der Waals surface area (Å²) in [5.74, 6) is -0.630. The van der Waals surface area contributed by atoms with Crippen molar-refractivity contribution >= 4 is 32.5 Å². The highest BCUT2D eigenvalue weighted by atomic mass is 32.2. The van der Waals surface area contributed by atoms with Crippen LogP contribution in [0.1, 0.15) is 24.2 Å². The fourth-order valence-electron chi connectivity index (χ4n) is 1.57. The Bertz CT molecular complexity index is 788. The van der Waals surface area contributed by atoms with Gasteiger partial charge in [-0.05, 0) is 13.8 Å². The molecule has 2 aromatic heterocycles. The number of anilines is 1. The standard InChI is InChI=1S/C13H15N3O5S2/c1-8(2)20-10-6-9(7-11(15-10)21-23(3,18)19)12(17)16-13-14-4-5-22-13/h4-8H,1-3H3,(H,14,16,17). The largest absolute Gasteiger partial charge is 0.475 e. The number of aromatic nitrogens is 2. The zero-order valence-electron chi connectivity index (χ0n) is 12.6. The molecule has 8 nitrogen and oxygen atoms in total. The molecule has 2 aromatic rings. The van der Waals surface area contributed by atoms with E-state index in [-0.39, 0.29) is 23.4 Å². The first kappa shape index (κ1) is 17.2. The first-order valence-electron chi connectivity index (χ1n) is 6.52. The van der Waals surface area contributed by atoms with Gasteiger partial charge in [0.15, 0.2) is 5.13 Å². The average molecular weight is 357 g/mol. The van der Waals surface area contributed by atoms with E-state index in [1.54, 1.807) is 25.4 Å². The topological polar surface area (TPSA) is 107 Å². The maximum Gasteiger partial charge on any atom is 0.307 e. The Hall–Kier alpha value is -2.20. The molecule has 0 fully saturated rings. The minimum atomic E-state index is -3.77. The lowest BCUT2D eigenvalue weighted by Gasteiger charge is -2.12. The number of nitrogens with one attached hydrogen (secondary N) is 1. The normalized spacial score (nSPS) is 11.3. The molecule has 10 heteroatoms. The lowest BCUT2D eigenvalue weighted by molar-refractivity contribution is 0.102. The number of carbonyl (C=O) groups is 1. The Morgan fingerprint density at radius 1 is 1.30 bits per heavy atom. The van der Waals surface area contributed by atoms with E-state index in [0.29, 0.717) is 5.13 Å². The second-order valence-corrected chi connectivity index (χ2v) is 7.25. The molecule has 23 heavy (non-hydrogen) atoms. The Kier molecular flexibility index (Phi) is 5.16. The van der Waals surface area contributed by atoms with Crippen LogP contribution >= 0.6 is 11.3 Å². The Morgan fingerprint density at radius 2 is 2.00 bits per heavy atom. The van der Waals surface area contributed by atoms with Gasteiger partial charge >= 0.3 is 10.1 Å². The third-order valence-electron chi connectivity index (χ3n) is 2.29. The number of hydrogen-bond acceptors (Lipinski definition) is 8. The van der Waals surface area contributed by atoms with Crippen molar-refractivity contribution in [1.82, 2.24) is 9.97 Å². The first-order chi connectivity index (χ1) is 10.7. The fraction of sp³-hybridized carbons (Fsp3) is 0.308. The predicted octanol–water partition coefficient (Wildman–Crippen LogP) is 1.92. The van der Waals surface area contributed by atoms with E-state index in [1.807, 2.05) is 0 Å². The summed E-state index contributed by atoms with van der Waals surface area (Å²) in [7, 11) is -3.77. The van der Waals surface area contributed by atoms with Gasteiger partial charge in [0, 0.05) is 23.7 Å². The molecule has 2 heterocycles. The molecule has 0 bridgehead atoms. The van der Waals surface area contributed by atoms with Crippen LogP contribution in [0.15, 0.2) is 23.7 Å². The van der Waals surface area contributed by atoms with Crippen LogP contribution in [-0.2, 0) is 10.1 Å². The molecule has 0 aromatic carbocycles. The van der Waals surface area contributed by atoms with Gasteiger partial charge in [-0.25, -0.2) is 4.98 Å². The van der Waals surface area contributed by atoms with Crippen LogP contribution in [0, 0.1) is 0 Å². The van der Waals surface area contributed by atoms with Gasteiger partial charge in [0.25, 0.3) is 5.91 Å². The van der Waals surface area contributed by atoms with E-state index in [0.717, 1.165) is 6.26 Å². The zero-order valence-corrected chi connectivity index (χ0v) is 14.3. The molecule has 0 spiro atoms. The monoisotopic (exact) mass is 357 g/mol. The van der Waals surface area contributed by atoms with Crippen LogP contribution < -0.4 is 14.2 Å². The van der Waals surface area contributed by atoms with Crippen molar-refractivity contribution in [3.63, 3.8) is 0 Å². The number of ether oxygens (including phenoxy) is 1. The van der Waals surface area contributed by atoms with Gasteiger partial charge in [0.2, 0.25) is 11.8 Å². The number of carbonyl (C=O) groups excluding carboxylic acids is 1. The van der Waals surface area contributed by atoms with E-state index >= 15 is 0 Å². The predicted molar refractivity (Wildman–Crippen MR) is 85.5 cm³/mol. The van der Waals surface area contributed by atoms with Gasteiger partial charge in [-0.3, -0.25) is 10.1 Å². The number of amides is 1. The number of pyridine rings is 1. The van der Waals surface area contributed by atoms with Gasteiger partial charge in [-0.2, -0.15) is 13.4 Å². The lowest BCUT2D eigenvalue weighted by atomic mass is 10.2. The van der Waals surface area contributed by atoms with Crippen molar-refractivity contribution in [2.24, 2.45) is 0 Å². The molecule has 124 valence electrons. The Labute approximate surface area is 137 Å². The molecule has 0 aliphatic heterocycles. The quantitative estimate of drug-likeness (QED) is 0.787. The number of thiazole rings is 1. The van der Waals surface area contributed by atoms with Gasteiger partial charge in [-0.1, -0.05) is 0 Å². The van der Waals surface area contributed by atoms with Crippen molar-refractivity contribution in [3.8, 4) is 11.8 Å². The Balaban J connectivity index is 2.32. The molecule has 0 aliphatic carbocycles. The average Bonchev–Trinajstić information content (AvgIpc) is 2.88. The van der Waals surface area contributed by atoms with Crippen LogP contribution in [-0.4, -0.2) is 36.7 Å². The highest BCUT2D eigenvalue weighted by Crippen LogP contribution is 2.21. The molecule has 0 atom stereocenters. The van der Waals surface area contributed by atoms with E-state index in [4.69, 9.17) is 8.92 Å². The molecule has 0 aliphatic rings. The molecule has 0 saturated carbocycles. The van der Waals surface area contributed by atoms with Gasteiger partial charge in [0.1, 0.15) is 0 Å². The van der Waals surface area contributed by atoms with Crippen LogP contribution in [0.25, 0.3) is 0 Å². The van der Waals surface area contributed by atoms with E-state index in [2.05, 4.69) is 15.3 Å². The molecule has 0 unspecified atom stereocenters. The molecular formula is C13H15N3O5S2. The minimum absolute atomic E-state index is 0.0884. The summed E-state index contributed by atoms with van der Waals surface area (Å²) >= 11 is 1.26. The maximum atomic E-state index is 12.2. The van der Waals surface area contributed by atoms with Crippen LogP contribution in [0.2, 0.25) is 0 Å². The summed E-state index contributed by atoms with van der Waals surface area (Å²) in [4.78, 5) is 20.1. The second kappa shape index (κ2) is 6.92. The summed E-state index contributed by atoms with van der Waals surface area (Å²) in [5, 5.41) is 4.72. The molecule has 1 amide bonds. The second-order valence-electron chi connectivity index (χ2n) is 4.78. The van der Waals surface area contributed by atoms with E-state index in [1.165, 1.54) is 23.5 Å². The van der Waals surface area contributed by atoms with Gasteiger partial charge in [-0.15, -0.1) is 11.3 Å². The van der Waals surface area contributed by atoms with Crippen molar-refractivity contribution in [2.45, 2.75) is 20.0 Å². The number of rotatable bonds is 6. The van der Waals surface area contributed by atoms with Crippen molar-refractivity contribution in [3.05, 3.63) is 29.3 Å². The van der Waals surface area contributed by atoms with Gasteiger partial charge < -0.3 is 8.92 Å². The SMILES string of the molecule is CC(C)Oc1cc(C(=O)Nc2nccs2)cc(OS(C)(=O)=O)n1. The van der Waals surface area contributed by atoms with Crippen LogP contribution in [0.4, 0.5) is 5.13 Å². The first-order valence-corrected chi connectivity index (χ1v) is 9.21. The smallest absolute Gasteiger partial charge is 0.307 e. The summed E-state index contributed by atoms with van der Waals surface area (Å²) < 4.78 is 32.7. The fourth-order valence-corrected chi connectivity index (χ4v) is 2.49. The van der Waals surface area contributed by atoms with Gasteiger partial charge in [0.05, 0.1) is 17.9 Å². The number of nitrogens with zero attached hydrogens (tertiary/aromatic N) is 2.